The number of amides is 1. The highest BCUT2D eigenvalue weighted by Gasteiger charge is 2.67. The fourth-order valence-corrected chi connectivity index (χ4v) is 5.56. The van der Waals surface area contributed by atoms with Crippen molar-refractivity contribution in [1.29, 1.82) is 0 Å². The van der Waals surface area contributed by atoms with Crippen LogP contribution in [-0.2, 0) is 16.8 Å². The van der Waals surface area contributed by atoms with Crippen LogP contribution in [-0.4, -0.2) is 16.1 Å². The molecule has 2 aliphatic rings. The van der Waals surface area contributed by atoms with Gasteiger partial charge in [-0.2, -0.15) is 10.2 Å². The Balaban J connectivity index is 1.50. The maximum absolute atomic E-state index is 14.3. The Morgan fingerprint density at radius 2 is 1.84 bits per heavy atom. The van der Waals surface area contributed by atoms with Gasteiger partial charge in [-0.15, -0.1) is 0 Å². The highest BCUT2D eigenvalue weighted by atomic mass is 19.1. The predicted molar refractivity (Wildman–Crippen MR) is 113 cm³/mol. The summed E-state index contributed by atoms with van der Waals surface area (Å²) in [5.74, 6) is -0.582. The first kappa shape index (κ1) is 19.8. The Kier molecular flexibility index (Phi) is 4.43. The lowest BCUT2D eigenvalue weighted by Gasteiger charge is -2.36. The number of hydrogen-bond acceptors (Lipinski definition) is 3. The first-order chi connectivity index (χ1) is 14.8. The molecule has 5 rings (SSSR count). The number of carbonyl (C=O) groups excluding carboxylic acids is 1. The molecule has 6 heteroatoms. The van der Waals surface area contributed by atoms with Gasteiger partial charge in [-0.25, -0.2) is 8.78 Å². The third kappa shape index (κ3) is 2.81. The zero-order valence-corrected chi connectivity index (χ0v) is 17.5. The molecular weight excluding hydrogens is 396 g/mol. The number of halogens is 2. The van der Waals surface area contributed by atoms with Gasteiger partial charge in [-0.05, 0) is 65.6 Å². The van der Waals surface area contributed by atoms with Gasteiger partial charge in [0.15, 0.2) is 0 Å². The summed E-state index contributed by atoms with van der Waals surface area (Å²) in [5, 5.41) is 11.8. The summed E-state index contributed by atoms with van der Waals surface area (Å²) in [6.45, 7) is 4.52. The van der Waals surface area contributed by atoms with Crippen LogP contribution in [0.25, 0.3) is 11.3 Å². The molecule has 3 aromatic rings. The van der Waals surface area contributed by atoms with E-state index >= 15 is 0 Å². The van der Waals surface area contributed by atoms with Crippen molar-refractivity contribution in [2.24, 2.45) is 5.41 Å². The van der Waals surface area contributed by atoms with Crippen LogP contribution < -0.4 is 5.32 Å². The van der Waals surface area contributed by atoms with Gasteiger partial charge >= 0.3 is 0 Å². The quantitative estimate of drug-likeness (QED) is 0.655. The van der Waals surface area contributed by atoms with Crippen molar-refractivity contribution in [3.8, 4) is 11.3 Å². The highest BCUT2D eigenvalue weighted by Crippen LogP contribution is 2.67. The van der Waals surface area contributed by atoms with Gasteiger partial charge < -0.3 is 5.32 Å². The van der Waals surface area contributed by atoms with Crippen molar-refractivity contribution in [3.05, 3.63) is 83.1 Å². The number of fused-ring (bicyclic) bond motifs is 5. The summed E-state index contributed by atoms with van der Waals surface area (Å²) < 4.78 is 27.5. The van der Waals surface area contributed by atoms with Gasteiger partial charge in [0.05, 0.1) is 16.8 Å². The van der Waals surface area contributed by atoms with E-state index in [0.717, 1.165) is 17.5 Å². The maximum Gasteiger partial charge on any atom is 0.233 e. The minimum absolute atomic E-state index is 0.0870. The third-order valence-corrected chi connectivity index (χ3v) is 7.29. The van der Waals surface area contributed by atoms with Crippen molar-refractivity contribution in [3.63, 3.8) is 0 Å². The number of nitrogens with zero attached hydrogens (tertiary/aromatic N) is 2. The van der Waals surface area contributed by atoms with Crippen LogP contribution in [0.2, 0.25) is 0 Å². The van der Waals surface area contributed by atoms with E-state index in [1.807, 2.05) is 6.07 Å². The van der Waals surface area contributed by atoms with E-state index in [2.05, 4.69) is 29.4 Å². The first-order valence-electron chi connectivity index (χ1n) is 10.5. The molecule has 2 aromatic carbocycles. The predicted octanol–water partition coefficient (Wildman–Crippen LogP) is 4.89. The van der Waals surface area contributed by atoms with Crippen LogP contribution >= 0.6 is 0 Å². The molecule has 2 aliphatic carbocycles. The summed E-state index contributed by atoms with van der Waals surface area (Å²) in [7, 11) is 0. The van der Waals surface area contributed by atoms with Gasteiger partial charge in [0.1, 0.15) is 11.6 Å². The zero-order valence-electron chi connectivity index (χ0n) is 17.5. The summed E-state index contributed by atoms with van der Waals surface area (Å²) in [4.78, 5) is 13.5. The molecule has 31 heavy (non-hydrogen) atoms. The van der Waals surface area contributed by atoms with Crippen molar-refractivity contribution < 1.29 is 13.6 Å². The largest absolute Gasteiger partial charge is 0.351 e. The summed E-state index contributed by atoms with van der Waals surface area (Å²) in [6, 6.07) is 14.5. The Labute approximate surface area is 179 Å². The van der Waals surface area contributed by atoms with Gasteiger partial charge in [-0.3, -0.25) is 4.79 Å². The molecule has 1 aromatic heterocycles. The molecule has 158 valence electrons. The van der Waals surface area contributed by atoms with E-state index in [0.29, 0.717) is 29.9 Å². The molecule has 1 amide bonds. The number of aromatic nitrogens is 2. The van der Waals surface area contributed by atoms with Crippen LogP contribution in [0.1, 0.15) is 49.4 Å². The fraction of sp³-hybridized carbons (Fsp3) is 0.320. The minimum Gasteiger partial charge on any atom is -0.351 e. The number of benzene rings is 2. The van der Waals surface area contributed by atoms with Crippen molar-refractivity contribution in [2.75, 3.05) is 0 Å². The molecular formula is C25H23F2N3O. The molecule has 0 aliphatic heterocycles. The van der Waals surface area contributed by atoms with Crippen LogP contribution in [0.5, 0.6) is 0 Å². The topological polar surface area (TPSA) is 54.9 Å². The van der Waals surface area contributed by atoms with Gasteiger partial charge in [0.2, 0.25) is 5.91 Å². The zero-order chi connectivity index (χ0) is 21.8. The molecule has 0 radical (unpaired) electrons. The minimum atomic E-state index is -0.784. The molecule has 0 saturated heterocycles. The van der Waals surface area contributed by atoms with Crippen LogP contribution in [0.3, 0.4) is 0 Å². The van der Waals surface area contributed by atoms with Crippen LogP contribution in [0.15, 0.2) is 54.6 Å². The second-order valence-electron chi connectivity index (χ2n) is 9.04. The van der Waals surface area contributed by atoms with Crippen molar-refractivity contribution >= 4 is 5.91 Å². The molecule has 4 nitrogen and oxygen atoms in total. The monoisotopic (exact) mass is 419 g/mol. The lowest BCUT2D eigenvalue weighted by molar-refractivity contribution is -0.130. The number of rotatable bonds is 4. The van der Waals surface area contributed by atoms with E-state index in [4.69, 9.17) is 0 Å². The lowest BCUT2D eigenvalue weighted by atomic mass is 9.67. The fourth-order valence-electron chi connectivity index (χ4n) is 5.56. The summed E-state index contributed by atoms with van der Waals surface area (Å²) in [6.07, 6.45) is 1.56. The summed E-state index contributed by atoms with van der Waals surface area (Å²) in [5.41, 5.74) is 2.29. The van der Waals surface area contributed by atoms with E-state index < -0.39 is 5.41 Å². The first-order valence-corrected chi connectivity index (χ1v) is 10.5. The molecule has 0 spiro atoms. The molecule has 1 saturated carbocycles. The second kappa shape index (κ2) is 6.94. The molecule has 2 atom stereocenters. The number of nitrogens with one attached hydrogen (secondary N) is 1. The van der Waals surface area contributed by atoms with Crippen LogP contribution in [0.4, 0.5) is 8.78 Å². The smallest absolute Gasteiger partial charge is 0.233 e. The molecule has 2 bridgehead atoms. The molecule has 1 N–H and O–H groups in total. The number of carbonyl (C=O) groups is 1. The third-order valence-electron chi connectivity index (χ3n) is 7.29. The molecule has 1 unspecified atom stereocenters. The van der Waals surface area contributed by atoms with E-state index in [9.17, 15) is 13.6 Å². The van der Waals surface area contributed by atoms with Crippen molar-refractivity contribution in [2.45, 2.75) is 44.6 Å². The van der Waals surface area contributed by atoms with E-state index in [1.165, 1.54) is 18.2 Å². The van der Waals surface area contributed by atoms with E-state index in [1.54, 1.807) is 30.3 Å². The van der Waals surface area contributed by atoms with Crippen LogP contribution in [0, 0.1) is 17.0 Å². The van der Waals surface area contributed by atoms with E-state index in [-0.39, 0.29) is 28.9 Å². The van der Waals surface area contributed by atoms with Gasteiger partial charge in [0, 0.05) is 12.1 Å². The Hall–Kier alpha value is -3.15. The normalized spacial score (nSPS) is 22.9. The molecule has 1 heterocycles. The number of hydrogen-bond donors (Lipinski definition) is 1. The summed E-state index contributed by atoms with van der Waals surface area (Å²) >= 11 is 0. The SMILES string of the molecule is CC1(C)[C@@H]2CCC1(C(=O)NCc1ccc(F)cc1)c1nnc(-c3ccccc3F)cc12. The Bertz CT molecular complexity index is 1180. The Morgan fingerprint density at radius 1 is 1.10 bits per heavy atom. The maximum atomic E-state index is 14.3. The highest BCUT2D eigenvalue weighted by molar-refractivity contribution is 5.91. The average Bonchev–Trinajstić information content (AvgIpc) is 3.14. The average molecular weight is 419 g/mol. The van der Waals surface area contributed by atoms with Gasteiger partial charge in [-0.1, -0.05) is 38.1 Å². The lowest BCUT2D eigenvalue weighted by Crippen LogP contribution is -2.49. The standard InChI is InChI=1S/C25H23F2N3O/c1-24(2)19-11-12-25(24,23(31)28-14-15-7-9-16(26)10-8-15)22-18(19)13-21(29-30-22)17-5-3-4-6-20(17)27/h3-10,13,19H,11-12,14H2,1-2H3,(H,28,31)/t19-,25?/m1/s1. The van der Waals surface area contributed by atoms with Gasteiger partial charge in [0.25, 0.3) is 0 Å². The van der Waals surface area contributed by atoms with Crippen molar-refractivity contribution in [1.82, 2.24) is 15.5 Å². The Morgan fingerprint density at radius 3 is 2.58 bits per heavy atom. The molecule has 1 fully saturated rings. The second-order valence-corrected chi connectivity index (χ2v) is 9.04.